The van der Waals surface area contributed by atoms with Gasteiger partial charge in [-0.05, 0) is 36.2 Å². The fraction of sp³-hybridized carbons (Fsp3) is 0.250. The highest BCUT2D eigenvalue weighted by molar-refractivity contribution is 6.14. The van der Waals surface area contributed by atoms with Crippen molar-refractivity contribution in [3.05, 3.63) is 60.0 Å². The highest BCUT2D eigenvalue weighted by atomic mass is 19.1. The first-order chi connectivity index (χ1) is 13.0. The van der Waals surface area contributed by atoms with Crippen molar-refractivity contribution in [3.8, 4) is 11.1 Å². The number of nitrogens with two attached hydrogens (primary N) is 1. The number of aromatic nitrogens is 3. The minimum atomic E-state index is -0.818. The number of alkyl halides is 1. The fourth-order valence-electron chi connectivity index (χ4n) is 3.35. The standard InChI is InChI=1S/C20H21FN6/c1-26-11-15(10-25-26)13-2-3-18(22)17(8-13)20(23)14-4-6-24-19(9-14)27-7-5-16(21)12-27/h2-4,6,8-11,16,23H,5,7,12,22H2,1H3/t16-/m1/s1. The van der Waals surface area contributed by atoms with Crippen LogP contribution in [0.15, 0.2) is 48.9 Å². The van der Waals surface area contributed by atoms with Crippen molar-refractivity contribution in [2.75, 3.05) is 23.7 Å². The summed E-state index contributed by atoms with van der Waals surface area (Å²) in [5, 5.41) is 12.9. The second kappa shape index (κ2) is 6.83. The van der Waals surface area contributed by atoms with Crippen LogP contribution in [0.5, 0.6) is 0 Å². The second-order valence-electron chi connectivity index (χ2n) is 6.81. The van der Waals surface area contributed by atoms with E-state index >= 15 is 0 Å². The van der Waals surface area contributed by atoms with Crippen LogP contribution < -0.4 is 10.6 Å². The summed E-state index contributed by atoms with van der Waals surface area (Å²) in [7, 11) is 1.86. The van der Waals surface area contributed by atoms with Crippen LogP contribution in [-0.4, -0.2) is 39.7 Å². The first kappa shape index (κ1) is 17.2. The number of hydrogen-bond acceptors (Lipinski definition) is 5. The Balaban J connectivity index is 1.66. The summed E-state index contributed by atoms with van der Waals surface area (Å²) >= 11 is 0. The van der Waals surface area contributed by atoms with Crippen molar-refractivity contribution in [2.24, 2.45) is 7.05 Å². The highest BCUT2D eigenvalue weighted by Crippen LogP contribution is 2.27. The Morgan fingerprint density at radius 3 is 2.81 bits per heavy atom. The van der Waals surface area contributed by atoms with Gasteiger partial charge in [-0.2, -0.15) is 5.10 Å². The van der Waals surface area contributed by atoms with E-state index in [1.807, 2.05) is 42.4 Å². The van der Waals surface area contributed by atoms with Crippen LogP contribution in [0.2, 0.25) is 0 Å². The molecule has 0 saturated carbocycles. The van der Waals surface area contributed by atoms with Crippen LogP contribution in [-0.2, 0) is 7.05 Å². The maximum absolute atomic E-state index is 13.5. The number of halogens is 1. The van der Waals surface area contributed by atoms with Crippen molar-refractivity contribution in [1.82, 2.24) is 14.8 Å². The Bertz CT molecular complexity index is 996. The van der Waals surface area contributed by atoms with Gasteiger partial charge in [-0.1, -0.05) is 6.07 Å². The van der Waals surface area contributed by atoms with Gasteiger partial charge >= 0.3 is 0 Å². The third-order valence-electron chi connectivity index (χ3n) is 4.85. The molecule has 2 aromatic heterocycles. The Labute approximate surface area is 157 Å². The lowest BCUT2D eigenvalue weighted by Crippen LogP contribution is -2.21. The molecule has 0 amide bonds. The topological polar surface area (TPSA) is 83.8 Å². The molecule has 3 N–H and O–H groups in total. The number of nitrogens with one attached hydrogen (secondary N) is 1. The average Bonchev–Trinajstić information content (AvgIpc) is 3.30. The molecule has 1 aromatic carbocycles. The van der Waals surface area contributed by atoms with Gasteiger partial charge in [0, 0.05) is 48.4 Å². The SMILES string of the molecule is Cn1cc(-c2ccc(N)c(C(=N)c3ccnc(N4CC[C@@H](F)C4)c3)c2)cn1. The van der Waals surface area contributed by atoms with Gasteiger partial charge in [0.05, 0.1) is 18.5 Å². The Hall–Kier alpha value is -3.22. The zero-order valence-corrected chi connectivity index (χ0v) is 15.1. The molecule has 0 unspecified atom stereocenters. The van der Waals surface area contributed by atoms with Crippen molar-refractivity contribution in [3.63, 3.8) is 0 Å². The minimum Gasteiger partial charge on any atom is -0.398 e. The van der Waals surface area contributed by atoms with E-state index in [0.29, 0.717) is 47.9 Å². The van der Waals surface area contributed by atoms with Crippen LogP contribution in [0, 0.1) is 5.41 Å². The lowest BCUT2D eigenvalue weighted by atomic mass is 9.97. The van der Waals surface area contributed by atoms with Crippen molar-refractivity contribution >= 4 is 17.2 Å². The summed E-state index contributed by atoms with van der Waals surface area (Å²) in [6.45, 7) is 0.992. The van der Waals surface area contributed by atoms with Crippen molar-refractivity contribution in [2.45, 2.75) is 12.6 Å². The number of pyridine rings is 1. The number of rotatable bonds is 4. The first-order valence-corrected chi connectivity index (χ1v) is 8.84. The summed E-state index contributed by atoms with van der Waals surface area (Å²) in [4.78, 5) is 6.26. The Morgan fingerprint density at radius 2 is 2.11 bits per heavy atom. The molecule has 6 nitrogen and oxygen atoms in total. The van der Waals surface area contributed by atoms with Crippen molar-refractivity contribution in [1.29, 1.82) is 5.41 Å². The van der Waals surface area contributed by atoms with Gasteiger partial charge in [0.15, 0.2) is 0 Å². The van der Waals surface area contributed by atoms with Gasteiger partial charge in [0.25, 0.3) is 0 Å². The fourth-order valence-corrected chi connectivity index (χ4v) is 3.35. The molecule has 1 fully saturated rings. The number of hydrogen-bond donors (Lipinski definition) is 2. The van der Waals surface area contributed by atoms with Crippen LogP contribution >= 0.6 is 0 Å². The van der Waals surface area contributed by atoms with E-state index in [9.17, 15) is 4.39 Å². The molecule has 0 spiro atoms. The molecule has 27 heavy (non-hydrogen) atoms. The van der Waals surface area contributed by atoms with E-state index in [1.54, 1.807) is 23.1 Å². The summed E-state index contributed by atoms with van der Waals surface area (Å²) in [6.07, 6.45) is 5.06. The molecule has 0 bridgehead atoms. The molecule has 4 rings (SSSR count). The van der Waals surface area contributed by atoms with E-state index in [4.69, 9.17) is 11.1 Å². The largest absolute Gasteiger partial charge is 0.398 e. The normalized spacial score (nSPS) is 16.7. The summed E-state index contributed by atoms with van der Waals surface area (Å²) < 4.78 is 15.2. The van der Waals surface area contributed by atoms with Crippen molar-refractivity contribution < 1.29 is 4.39 Å². The van der Waals surface area contributed by atoms with Gasteiger partial charge in [-0.25, -0.2) is 9.37 Å². The van der Waals surface area contributed by atoms with E-state index in [0.717, 1.165) is 11.1 Å². The van der Waals surface area contributed by atoms with Gasteiger partial charge in [0.2, 0.25) is 0 Å². The van der Waals surface area contributed by atoms with Gasteiger partial charge in [-0.15, -0.1) is 0 Å². The quantitative estimate of drug-likeness (QED) is 0.551. The predicted molar refractivity (Wildman–Crippen MR) is 105 cm³/mol. The van der Waals surface area contributed by atoms with Crippen LogP contribution in [0.4, 0.5) is 15.9 Å². The zero-order chi connectivity index (χ0) is 19.0. The molecule has 138 valence electrons. The molecule has 0 radical (unpaired) electrons. The molecular weight excluding hydrogens is 343 g/mol. The van der Waals surface area contributed by atoms with Crippen LogP contribution in [0.3, 0.4) is 0 Å². The summed E-state index contributed by atoms with van der Waals surface area (Å²) in [5.74, 6) is 0.694. The Morgan fingerprint density at radius 1 is 1.26 bits per heavy atom. The third kappa shape index (κ3) is 3.40. The molecule has 1 aliphatic rings. The van der Waals surface area contributed by atoms with E-state index in [2.05, 4.69) is 10.1 Å². The molecule has 3 aromatic rings. The van der Waals surface area contributed by atoms with Gasteiger partial charge in [-0.3, -0.25) is 10.1 Å². The molecule has 0 aliphatic carbocycles. The summed E-state index contributed by atoms with van der Waals surface area (Å²) in [5.41, 5.74) is 10.3. The second-order valence-corrected chi connectivity index (χ2v) is 6.81. The predicted octanol–water partition coefficient (Wildman–Crippen LogP) is 3.03. The third-order valence-corrected chi connectivity index (χ3v) is 4.85. The van der Waals surface area contributed by atoms with E-state index in [1.165, 1.54) is 0 Å². The number of aryl methyl sites for hydroxylation is 1. The number of nitrogens with zero attached hydrogens (tertiary/aromatic N) is 4. The average molecular weight is 364 g/mol. The monoisotopic (exact) mass is 364 g/mol. The Kier molecular flexibility index (Phi) is 4.35. The number of anilines is 2. The maximum Gasteiger partial charge on any atom is 0.129 e. The van der Waals surface area contributed by atoms with E-state index < -0.39 is 6.17 Å². The highest BCUT2D eigenvalue weighted by Gasteiger charge is 2.23. The number of nitrogen functional groups attached to an aromatic ring is 1. The number of benzene rings is 1. The van der Waals surface area contributed by atoms with E-state index in [-0.39, 0.29) is 0 Å². The molecule has 1 saturated heterocycles. The molecule has 1 aliphatic heterocycles. The van der Waals surface area contributed by atoms with Gasteiger partial charge < -0.3 is 10.6 Å². The molecule has 3 heterocycles. The minimum absolute atomic E-state index is 0.317. The summed E-state index contributed by atoms with van der Waals surface area (Å²) in [6, 6.07) is 9.25. The first-order valence-electron chi connectivity index (χ1n) is 8.84. The van der Waals surface area contributed by atoms with Crippen LogP contribution in [0.1, 0.15) is 17.5 Å². The van der Waals surface area contributed by atoms with Crippen LogP contribution in [0.25, 0.3) is 11.1 Å². The molecule has 7 heteroatoms. The van der Waals surface area contributed by atoms with Gasteiger partial charge in [0.1, 0.15) is 12.0 Å². The maximum atomic E-state index is 13.5. The zero-order valence-electron chi connectivity index (χ0n) is 15.1. The lowest BCUT2D eigenvalue weighted by Gasteiger charge is -2.17. The molecular formula is C20H21FN6. The lowest BCUT2D eigenvalue weighted by molar-refractivity contribution is 0.364. The molecule has 1 atom stereocenters. The smallest absolute Gasteiger partial charge is 0.129 e.